The lowest BCUT2D eigenvalue weighted by Crippen LogP contribution is -2.06. The summed E-state index contributed by atoms with van der Waals surface area (Å²) >= 11 is 0. The van der Waals surface area contributed by atoms with Crippen molar-refractivity contribution in [2.45, 2.75) is 6.10 Å². The van der Waals surface area contributed by atoms with Gasteiger partial charge in [0, 0.05) is 18.2 Å². The second kappa shape index (κ2) is 8.03. The summed E-state index contributed by atoms with van der Waals surface area (Å²) in [6.07, 6.45) is 10.7. The molecule has 1 atom stereocenters. The smallest absolute Gasteiger partial charge is 0.211 e. The zero-order chi connectivity index (χ0) is 20.3. The van der Waals surface area contributed by atoms with E-state index in [4.69, 9.17) is 25.4 Å². The molecular formula is C21H20N2O5. The number of rotatable bonds is 6. The van der Waals surface area contributed by atoms with Gasteiger partial charge in [0.25, 0.3) is 0 Å². The van der Waals surface area contributed by atoms with Crippen molar-refractivity contribution >= 4 is 17.4 Å². The van der Waals surface area contributed by atoms with E-state index in [0.29, 0.717) is 45.3 Å². The fraction of sp³-hybridized carbons (Fsp3) is 0.238. The number of aromatic nitrogens is 2. The standard InChI is InChI=1S/C21H20N2O5/c1-6-12-9-14(25-2)7-8-15-18(12)22-23-19(15)20(24)13-10-16(26-3)21(28-5)17(11-13)27-4/h1,7-11,14H,2-5H3,(H,22,23). The number of ketones is 1. The van der Waals surface area contributed by atoms with E-state index in [0.717, 1.165) is 0 Å². The van der Waals surface area contributed by atoms with Crippen LogP contribution in [0.1, 0.15) is 27.3 Å². The molecule has 0 fully saturated rings. The Morgan fingerprint density at radius 2 is 1.82 bits per heavy atom. The SMILES string of the molecule is C#CC1=CC(OC)C=Cc2c1n[nH]c2C(=O)c1cc(OC)c(OC)c(OC)c1. The Kier molecular flexibility index (Phi) is 5.52. The topological polar surface area (TPSA) is 82.7 Å². The molecule has 1 N–H and O–H groups in total. The molecule has 3 rings (SSSR count). The molecule has 1 heterocycles. The molecule has 7 nitrogen and oxygen atoms in total. The number of hydrogen-bond acceptors (Lipinski definition) is 6. The van der Waals surface area contributed by atoms with Crippen molar-refractivity contribution in [3.8, 4) is 29.6 Å². The number of aromatic amines is 1. The number of fused-ring (bicyclic) bond motifs is 1. The zero-order valence-corrected chi connectivity index (χ0v) is 16.0. The van der Waals surface area contributed by atoms with E-state index >= 15 is 0 Å². The second-order valence-electron chi connectivity index (χ2n) is 5.89. The first-order chi connectivity index (χ1) is 13.6. The maximum absolute atomic E-state index is 13.2. The molecule has 0 amide bonds. The molecule has 1 aliphatic carbocycles. The maximum atomic E-state index is 13.2. The number of ether oxygens (including phenoxy) is 4. The Morgan fingerprint density at radius 3 is 2.36 bits per heavy atom. The van der Waals surface area contributed by atoms with Gasteiger partial charge in [-0.05, 0) is 18.2 Å². The van der Waals surface area contributed by atoms with Crippen LogP contribution in [0.15, 0.2) is 24.3 Å². The summed E-state index contributed by atoms with van der Waals surface area (Å²) in [6.45, 7) is 0. The summed E-state index contributed by atoms with van der Waals surface area (Å²) < 4.78 is 21.3. The van der Waals surface area contributed by atoms with Crippen molar-refractivity contribution < 1.29 is 23.7 Å². The first-order valence-corrected chi connectivity index (χ1v) is 8.40. The summed E-state index contributed by atoms with van der Waals surface area (Å²) in [4.78, 5) is 13.2. The number of nitrogens with one attached hydrogen (secondary N) is 1. The summed E-state index contributed by atoms with van der Waals surface area (Å²) in [6, 6.07) is 3.18. The van der Waals surface area contributed by atoms with Gasteiger partial charge in [-0.15, -0.1) is 6.42 Å². The zero-order valence-electron chi connectivity index (χ0n) is 16.0. The Bertz CT molecular complexity index is 985. The highest BCUT2D eigenvalue weighted by Crippen LogP contribution is 2.39. The summed E-state index contributed by atoms with van der Waals surface area (Å²) in [5, 5.41) is 7.05. The average molecular weight is 380 g/mol. The molecule has 0 spiro atoms. The third-order valence-corrected chi connectivity index (χ3v) is 4.42. The lowest BCUT2D eigenvalue weighted by atomic mass is 10.0. The number of carbonyl (C=O) groups excluding carboxylic acids is 1. The third kappa shape index (κ3) is 3.26. The van der Waals surface area contributed by atoms with E-state index in [1.54, 1.807) is 31.4 Å². The quantitative estimate of drug-likeness (QED) is 0.613. The minimum absolute atomic E-state index is 0.287. The number of carbonyl (C=O) groups is 1. The van der Waals surface area contributed by atoms with E-state index in [-0.39, 0.29) is 11.9 Å². The Hall–Kier alpha value is -3.50. The molecule has 144 valence electrons. The highest BCUT2D eigenvalue weighted by molar-refractivity contribution is 6.11. The van der Waals surface area contributed by atoms with Gasteiger partial charge in [-0.25, -0.2) is 0 Å². The minimum atomic E-state index is -0.302. The molecule has 28 heavy (non-hydrogen) atoms. The van der Waals surface area contributed by atoms with Crippen LogP contribution in [0.2, 0.25) is 0 Å². The van der Waals surface area contributed by atoms with E-state index in [9.17, 15) is 4.79 Å². The normalized spacial score (nSPS) is 15.1. The van der Waals surface area contributed by atoms with Crippen LogP contribution in [-0.2, 0) is 4.74 Å². The molecule has 7 heteroatoms. The Labute approximate surface area is 162 Å². The van der Waals surface area contributed by atoms with Crippen molar-refractivity contribution in [3.05, 3.63) is 46.8 Å². The van der Waals surface area contributed by atoms with E-state index in [2.05, 4.69) is 16.1 Å². The van der Waals surface area contributed by atoms with Crippen LogP contribution in [-0.4, -0.2) is 50.5 Å². The molecule has 1 aromatic heterocycles. The molecule has 0 radical (unpaired) electrons. The van der Waals surface area contributed by atoms with Crippen molar-refractivity contribution in [1.29, 1.82) is 0 Å². The highest BCUT2D eigenvalue weighted by Gasteiger charge is 2.25. The van der Waals surface area contributed by atoms with Crippen LogP contribution >= 0.6 is 0 Å². The molecular weight excluding hydrogens is 360 g/mol. The first kappa shape index (κ1) is 19.3. The van der Waals surface area contributed by atoms with Gasteiger partial charge in [0.15, 0.2) is 11.5 Å². The van der Waals surface area contributed by atoms with Crippen molar-refractivity contribution in [3.63, 3.8) is 0 Å². The summed E-state index contributed by atoms with van der Waals surface area (Å²) in [7, 11) is 6.06. The van der Waals surface area contributed by atoms with E-state index < -0.39 is 0 Å². The number of allylic oxidation sites excluding steroid dienone is 1. The number of nitrogens with zero attached hydrogens (tertiary/aromatic N) is 1. The van der Waals surface area contributed by atoms with Gasteiger partial charge in [0.1, 0.15) is 11.4 Å². The van der Waals surface area contributed by atoms with Gasteiger partial charge in [-0.1, -0.05) is 18.1 Å². The molecule has 0 saturated carbocycles. The van der Waals surface area contributed by atoms with Gasteiger partial charge in [0.05, 0.1) is 33.0 Å². The lowest BCUT2D eigenvalue weighted by Gasteiger charge is -2.13. The minimum Gasteiger partial charge on any atom is -0.493 e. The molecule has 0 aliphatic heterocycles. The van der Waals surface area contributed by atoms with Gasteiger partial charge in [0.2, 0.25) is 11.5 Å². The molecule has 1 aromatic carbocycles. The largest absolute Gasteiger partial charge is 0.493 e. The van der Waals surface area contributed by atoms with E-state index in [1.807, 2.05) is 6.08 Å². The van der Waals surface area contributed by atoms with Crippen LogP contribution < -0.4 is 14.2 Å². The van der Waals surface area contributed by atoms with Crippen molar-refractivity contribution in [1.82, 2.24) is 10.2 Å². The second-order valence-corrected chi connectivity index (χ2v) is 5.89. The molecule has 0 saturated heterocycles. The van der Waals surface area contributed by atoms with Crippen LogP contribution in [0.5, 0.6) is 17.2 Å². The number of hydrogen-bond donors (Lipinski definition) is 1. The van der Waals surface area contributed by atoms with Gasteiger partial charge in [-0.2, -0.15) is 5.10 Å². The number of benzene rings is 1. The average Bonchev–Trinajstić information content (AvgIpc) is 3.07. The van der Waals surface area contributed by atoms with Gasteiger partial charge >= 0.3 is 0 Å². The summed E-state index contributed by atoms with van der Waals surface area (Å²) in [5.74, 6) is 3.49. The van der Waals surface area contributed by atoms with Crippen LogP contribution in [0.25, 0.3) is 11.6 Å². The monoisotopic (exact) mass is 380 g/mol. The number of H-pyrrole nitrogens is 1. The molecule has 1 aliphatic rings. The summed E-state index contributed by atoms with van der Waals surface area (Å²) in [5.41, 5.74) is 2.33. The maximum Gasteiger partial charge on any atom is 0.211 e. The van der Waals surface area contributed by atoms with E-state index in [1.165, 1.54) is 21.3 Å². The van der Waals surface area contributed by atoms with Crippen LogP contribution in [0.3, 0.4) is 0 Å². The molecule has 2 aromatic rings. The van der Waals surface area contributed by atoms with Crippen molar-refractivity contribution in [2.24, 2.45) is 0 Å². The molecule has 1 unspecified atom stereocenters. The van der Waals surface area contributed by atoms with Gasteiger partial charge in [-0.3, -0.25) is 9.89 Å². The lowest BCUT2D eigenvalue weighted by molar-refractivity contribution is 0.103. The predicted octanol–water partition coefficient (Wildman–Crippen LogP) is 2.72. The number of methoxy groups -OCH3 is 4. The fourth-order valence-electron chi connectivity index (χ4n) is 3.00. The third-order valence-electron chi connectivity index (χ3n) is 4.42. The number of terminal acetylenes is 1. The van der Waals surface area contributed by atoms with Crippen molar-refractivity contribution in [2.75, 3.05) is 28.4 Å². The van der Waals surface area contributed by atoms with Crippen LogP contribution in [0, 0.1) is 12.3 Å². The highest BCUT2D eigenvalue weighted by atomic mass is 16.5. The predicted molar refractivity (Wildman–Crippen MR) is 105 cm³/mol. The van der Waals surface area contributed by atoms with Gasteiger partial charge < -0.3 is 18.9 Å². The van der Waals surface area contributed by atoms with Crippen LogP contribution in [0.4, 0.5) is 0 Å². The molecule has 0 bridgehead atoms. The first-order valence-electron chi connectivity index (χ1n) is 8.40. The fourth-order valence-corrected chi connectivity index (χ4v) is 3.00. The Balaban J connectivity index is 2.11. The Morgan fingerprint density at radius 1 is 1.14 bits per heavy atom.